The number of rotatable bonds is 3. The molecule has 1 spiro atoms. The highest BCUT2D eigenvalue weighted by Gasteiger charge is 2.71. The number of carbonyl (C=O) groups excluding carboxylic acids is 3. The zero-order chi connectivity index (χ0) is 27.0. The molecule has 1 N–H and O–H groups in total. The van der Waals surface area contributed by atoms with E-state index in [9.17, 15) is 18.8 Å². The first kappa shape index (κ1) is 24.3. The van der Waals surface area contributed by atoms with E-state index in [4.69, 9.17) is 0 Å². The molecule has 3 aliphatic rings. The summed E-state index contributed by atoms with van der Waals surface area (Å²) in [6.07, 6.45) is 2.03. The summed E-state index contributed by atoms with van der Waals surface area (Å²) >= 11 is 0. The third-order valence-corrected chi connectivity index (χ3v) is 8.30. The van der Waals surface area contributed by atoms with Crippen LogP contribution in [0.1, 0.15) is 49.2 Å². The topological polar surface area (TPSA) is 66.5 Å². The normalized spacial score (nSPS) is 25.4. The summed E-state index contributed by atoms with van der Waals surface area (Å²) in [6, 6.07) is 19.1. The third kappa shape index (κ3) is 3.19. The number of hydrogen-bond donors (Lipinski definition) is 1. The van der Waals surface area contributed by atoms with E-state index in [0.29, 0.717) is 11.3 Å². The number of carbonyl (C=O) groups is 3. The molecule has 192 valence electrons. The monoisotopic (exact) mass is 508 g/mol. The second-order valence-corrected chi connectivity index (χ2v) is 11.5. The Balaban J connectivity index is 1.70. The van der Waals surface area contributed by atoms with E-state index in [1.54, 1.807) is 0 Å². The molecule has 1 fully saturated rings. The molecule has 0 bridgehead atoms. The second-order valence-electron chi connectivity index (χ2n) is 11.5. The van der Waals surface area contributed by atoms with Crippen LogP contribution in [0.4, 0.5) is 15.8 Å². The van der Waals surface area contributed by atoms with Gasteiger partial charge in [0.2, 0.25) is 5.91 Å². The number of amides is 1. The van der Waals surface area contributed by atoms with Crippen LogP contribution >= 0.6 is 0 Å². The molecule has 38 heavy (non-hydrogen) atoms. The Bertz CT molecular complexity index is 1530. The number of para-hydroxylation sites is 2. The zero-order valence-corrected chi connectivity index (χ0v) is 21.8. The van der Waals surface area contributed by atoms with Gasteiger partial charge in [0.15, 0.2) is 11.6 Å². The maximum Gasteiger partial charge on any atom is 0.238 e. The van der Waals surface area contributed by atoms with Gasteiger partial charge >= 0.3 is 0 Å². The van der Waals surface area contributed by atoms with Gasteiger partial charge in [0.1, 0.15) is 17.3 Å². The van der Waals surface area contributed by atoms with Crippen molar-refractivity contribution in [2.45, 2.75) is 45.2 Å². The number of hydrogen-bond acceptors (Lipinski definition) is 4. The lowest BCUT2D eigenvalue weighted by Gasteiger charge is -2.39. The predicted octanol–water partition coefficient (Wildman–Crippen LogP) is 5.80. The molecule has 0 aliphatic carbocycles. The molecule has 6 rings (SSSR count). The first-order valence-electron chi connectivity index (χ1n) is 12.9. The summed E-state index contributed by atoms with van der Waals surface area (Å²) in [5.74, 6) is -2.28. The Kier molecular flexibility index (Phi) is 5.25. The van der Waals surface area contributed by atoms with Gasteiger partial charge in [0, 0.05) is 27.9 Å². The van der Waals surface area contributed by atoms with Gasteiger partial charge < -0.3 is 10.2 Å². The Morgan fingerprint density at radius 2 is 1.61 bits per heavy atom. The Hall–Kier alpha value is -4.06. The van der Waals surface area contributed by atoms with Crippen molar-refractivity contribution < 1.29 is 18.8 Å². The van der Waals surface area contributed by atoms with Crippen molar-refractivity contribution in [1.82, 2.24) is 0 Å². The van der Waals surface area contributed by atoms with E-state index in [0.717, 1.165) is 16.8 Å². The van der Waals surface area contributed by atoms with Gasteiger partial charge in [-0.25, -0.2) is 4.39 Å². The molecule has 0 unspecified atom stereocenters. The van der Waals surface area contributed by atoms with Crippen molar-refractivity contribution in [3.8, 4) is 0 Å². The van der Waals surface area contributed by atoms with Crippen LogP contribution in [-0.4, -0.2) is 29.6 Å². The number of nitrogens with one attached hydrogen (secondary N) is 1. The van der Waals surface area contributed by atoms with Crippen LogP contribution in [-0.2, 0) is 15.0 Å². The van der Waals surface area contributed by atoms with Gasteiger partial charge in [-0.15, -0.1) is 0 Å². The summed E-state index contributed by atoms with van der Waals surface area (Å²) in [5.41, 5.74) is 2.24. The van der Waals surface area contributed by atoms with Crippen molar-refractivity contribution in [3.63, 3.8) is 0 Å². The lowest BCUT2D eigenvalue weighted by molar-refractivity contribution is -0.128. The molecule has 1 saturated heterocycles. The Morgan fingerprint density at radius 1 is 0.947 bits per heavy atom. The zero-order valence-electron chi connectivity index (χ0n) is 21.8. The van der Waals surface area contributed by atoms with Gasteiger partial charge in [-0.2, -0.15) is 0 Å². The van der Waals surface area contributed by atoms with E-state index < -0.39 is 34.6 Å². The summed E-state index contributed by atoms with van der Waals surface area (Å²) in [7, 11) is 0. The molecule has 3 heterocycles. The fraction of sp³-hybridized carbons (Fsp3) is 0.281. The van der Waals surface area contributed by atoms with Crippen LogP contribution in [0.25, 0.3) is 5.57 Å². The average Bonchev–Trinajstić information content (AvgIpc) is 3.36. The summed E-state index contributed by atoms with van der Waals surface area (Å²) < 4.78 is 13.8. The molecule has 5 nitrogen and oxygen atoms in total. The number of allylic oxidation sites excluding steroid dienone is 1. The van der Waals surface area contributed by atoms with E-state index in [1.807, 2.05) is 87.2 Å². The van der Waals surface area contributed by atoms with Crippen LogP contribution < -0.4 is 10.2 Å². The Morgan fingerprint density at radius 3 is 2.32 bits per heavy atom. The molecule has 3 aromatic rings. The summed E-state index contributed by atoms with van der Waals surface area (Å²) in [4.78, 5) is 45.2. The predicted molar refractivity (Wildman–Crippen MR) is 146 cm³/mol. The van der Waals surface area contributed by atoms with Crippen molar-refractivity contribution in [2.24, 2.45) is 11.3 Å². The smallest absolute Gasteiger partial charge is 0.238 e. The first-order valence-corrected chi connectivity index (χ1v) is 12.9. The molecule has 0 saturated carbocycles. The van der Waals surface area contributed by atoms with Crippen LogP contribution in [0.2, 0.25) is 0 Å². The standard InChI is InChI=1S/C32H29FN2O3/c1-18-17-25-32(22-10-6-7-11-23(22)34-30(32)38)26(28(36)19-13-15-20(33)16-14-19)27(29(37)31(2,3)4)35(25)24-12-8-5-9-21(18)24/h5-17,25-27H,1-4H3,(H,34,38)/t25-,26+,27-,32-/m0/s1. The molecule has 3 aromatic carbocycles. The number of ketones is 2. The molecular formula is C32H29FN2O3. The maximum atomic E-state index is 14.6. The Labute approximate surface area is 221 Å². The van der Waals surface area contributed by atoms with Crippen molar-refractivity contribution >= 4 is 34.4 Å². The number of Topliss-reactive ketones (excluding diaryl/α,β-unsaturated/α-hetero) is 2. The SMILES string of the molecule is CC1=C[C@@H]2N(c3ccccc31)[C@H](C(=O)C(C)(C)C)[C@H](C(=O)c1ccc(F)cc1)[C@@]21C(=O)Nc2ccccc21. The van der Waals surface area contributed by atoms with Crippen molar-refractivity contribution in [1.29, 1.82) is 0 Å². The molecule has 1 amide bonds. The van der Waals surface area contributed by atoms with E-state index in [2.05, 4.69) is 5.32 Å². The first-order chi connectivity index (χ1) is 18.1. The number of halogens is 1. The van der Waals surface area contributed by atoms with Crippen molar-refractivity contribution in [3.05, 3.63) is 101 Å². The summed E-state index contributed by atoms with van der Waals surface area (Å²) in [6.45, 7) is 7.52. The van der Waals surface area contributed by atoms with Gasteiger partial charge in [0.25, 0.3) is 0 Å². The molecule has 3 aliphatic heterocycles. The van der Waals surface area contributed by atoms with E-state index in [1.165, 1.54) is 24.3 Å². The van der Waals surface area contributed by atoms with E-state index >= 15 is 0 Å². The lowest BCUT2D eigenvalue weighted by Crippen LogP contribution is -2.51. The second kappa shape index (κ2) is 8.22. The fourth-order valence-corrected chi connectivity index (χ4v) is 6.62. The number of fused-ring (bicyclic) bond motifs is 6. The van der Waals surface area contributed by atoms with Crippen LogP contribution in [0, 0.1) is 17.2 Å². The highest BCUT2D eigenvalue weighted by molar-refractivity contribution is 6.17. The van der Waals surface area contributed by atoms with Gasteiger partial charge in [-0.3, -0.25) is 14.4 Å². The average molecular weight is 509 g/mol. The maximum absolute atomic E-state index is 14.6. The minimum absolute atomic E-state index is 0.125. The quantitative estimate of drug-likeness (QED) is 0.454. The summed E-state index contributed by atoms with van der Waals surface area (Å²) in [5, 5.41) is 3.03. The van der Waals surface area contributed by atoms with Crippen LogP contribution in [0.3, 0.4) is 0 Å². The highest BCUT2D eigenvalue weighted by Crippen LogP contribution is 2.59. The molecule has 0 aromatic heterocycles. The minimum Gasteiger partial charge on any atom is -0.352 e. The molecule has 6 heteroatoms. The van der Waals surface area contributed by atoms with Crippen molar-refractivity contribution in [2.75, 3.05) is 10.2 Å². The largest absolute Gasteiger partial charge is 0.352 e. The number of anilines is 2. The van der Waals surface area contributed by atoms with Gasteiger partial charge in [0.05, 0.1) is 12.0 Å². The van der Waals surface area contributed by atoms with Gasteiger partial charge in [-0.05, 0) is 54.5 Å². The molecular weight excluding hydrogens is 479 g/mol. The highest BCUT2D eigenvalue weighted by atomic mass is 19.1. The lowest BCUT2D eigenvalue weighted by atomic mass is 9.63. The third-order valence-electron chi connectivity index (χ3n) is 8.30. The van der Waals surface area contributed by atoms with Gasteiger partial charge in [-0.1, -0.05) is 63.2 Å². The minimum atomic E-state index is -1.36. The number of nitrogens with zero attached hydrogens (tertiary/aromatic N) is 1. The number of benzene rings is 3. The molecule has 0 radical (unpaired) electrons. The molecule has 4 atom stereocenters. The van der Waals surface area contributed by atoms with E-state index in [-0.39, 0.29) is 23.0 Å². The van der Waals surface area contributed by atoms with Crippen LogP contribution in [0.15, 0.2) is 78.9 Å². The van der Waals surface area contributed by atoms with Crippen LogP contribution in [0.5, 0.6) is 0 Å². The fourth-order valence-electron chi connectivity index (χ4n) is 6.62.